The van der Waals surface area contributed by atoms with Crippen molar-refractivity contribution in [2.75, 3.05) is 11.9 Å². The van der Waals surface area contributed by atoms with Crippen molar-refractivity contribution >= 4 is 22.9 Å². The number of aromatic amines is 1. The summed E-state index contributed by atoms with van der Waals surface area (Å²) in [4.78, 5) is 19.8. The highest BCUT2D eigenvalue weighted by molar-refractivity contribution is 5.96. The number of nitrogens with two attached hydrogens (primary N) is 1. The molecule has 1 aliphatic rings. The Hall–Kier alpha value is -1.88. The Bertz CT molecular complexity index is 580. The summed E-state index contributed by atoms with van der Waals surface area (Å²) < 4.78 is 0. The smallest absolute Gasteiger partial charge is 0.234 e. The quantitative estimate of drug-likeness (QED) is 0.786. The van der Waals surface area contributed by atoms with Crippen molar-refractivity contribution in [2.24, 2.45) is 17.1 Å². The molecule has 0 radical (unpaired) electrons. The topological polar surface area (TPSA) is 83.8 Å². The lowest BCUT2D eigenvalue weighted by molar-refractivity contribution is -0.132. The van der Waals surface area contributed by atoms with E-state index in [1.165, 1.54) is 0 Å². The number of rotatable bonds is 3. The van der Waals surface area contributed by atoms with Crippen molar-refractivity contribution in [1.29, 1.82) is 0 Å². The average molecular weight is 258 g/mol. The SMILES string of the molecule is CC1CC(CN)(C(=O)Nc2nc3ccccc3[nH]2)C1. The van der Waals surface area contributed by atoms with Gasteiger partial charge in [-0.3, -0.25) is 10.1 Å². The number of hydrogen-bond donors (Lipinski definition) is 3. The van der Waals surface area contributed by atoms with Gasteiger partial charge in [0.15, 0.2) is 0 Å². The zero-order chi connectivity index (χ0) is 13.5. The predicted octanol–water partition coefficient (Wildman–Crippen LogP) is 1.88. The molecule has 0 bridgehead atoms. The van der Waals surface area contributed by atoms with E-state index >= 15 is 0 Å². The molecule has 0 saturated heterocycles. The number of H-pyrrole nitrogens is 1. The fourth-order valence-corrected chi connectivity index (χ4v) is 2.97. The molecule has 4 N–H and O–H groups in total. The van der Waals surface area contributed by atoms with E-state index in [1.807, 2.05) is 24.3 Å². The molecule has 0 spiro atoms. The Labute approximate surface area is 111 Å². The number of para-hydroxylation sites is 2. The second-order valence-corrected chi connectivity index (χ2v) is 5.55. The molecular formula is C14H18N4O. The molecule has 100 valence electrons. The van der Waals surface area contributed by atoms with Crippen LogP contribution in [0.15, 0.2) is 24.3 Å². The van der Waals surface area contributed by atoms with Gasteiger partial charge in [-0.2, -0.15) is 0 Å². The molecule has 1 amide bonds. The van der Waals surface area contributed by atoms with Gasteiger partial charge < -0.3 is 10.7 Å². The number of benzene rings is 1. The summed E-state index contributed by atoms with van der Waals surface area (Å²) in [6.45, 7) is 2.53. The average Bonchev–Trinajstić information content (AvgIpc) is 2.76. The second-order valence-electron chi connectivity index (χ2n) is 5.55. The summed E-state index contributed by atoms with van der Waals surface area (Å²) in [5.41, 5.74) is 7.13. The lowest BCUT2D eigenvalue weighted by Crippen LogP contribution is -2.51. The third-order valence-corrected chi connectivity index (χ3v) is 3.97. The molecular weight excluding hydrogens is 240 g/mol. The van der Waals surface area contributed by atoms with Gasteiger partial charge in [-0.25, -0.2) is 4.98 Å². The van der Waals surface area contributed by atoms with Gasteiger partial charge in [0.25, 0.3) is 0 Å². The van der Waals surface area contributed by atoms with Crippen LogP contribution in [0.2, 0.25) is 0 Å². The first-order chi connectivity index (χ1) is 9.13. The maximum Gasteiger partial charge on any atom is 0.234 e. The van der Waals surface area contributed by atoms with E-state index in [4.69, 9.17) is 5.73 Å². The first kappa shape index (κ1) is 12.2. The Morgan fingerprint density at radius 1 is 1.53 bits per heavy atom. The summed E-state index contributed by atoms with van der Waals surface area (Å²) in [6.07, 6.45) is 1.71. The maximum atomic E-state index is 12.3. The zero-order valence-corrected chi connectivity index (χ0v) is 10.9. The first-order valence-electron chi connectivity index (χ1n) is 6.59. The minimum Gasteiger partial charge on any atom is -0.329 e. The molecule has 0 aliphatic heterocycles. The minimum atomic E-state index is -0.404. The van der Waals surface area contributed by atoms with Crippen LogP contribution in [0.1, 0.15) is 19.8 Å². The molecule has 1 aromatic heterocycles. The number of nitrogens with zero attached hydrogens (tertiary/aromatic N) is 1. The zero-order valence-electron chi connectivity index (χ0n) is 10.9. The highest BCUT2D eigenvalue weighted by Crippen LogP contribution is 2.45. The number of carbonyl (C=O) groups excluding carboxylic acids is 1. The predicted molar refractivity (Wildman–Crippen MR) is 74.6 cm³/mol. The Balaban J connectivity index is 1.79. The fraction of sp³-hybridized carbons (Fsp3) is 0.429. The van der Waals surface area contributed by atoms with Crippen molar-refractivity contribution in [3.05, 3.63) is 24.3 Å². The van der Waals surface area contributed by atoms with Gasteiger partial charge in [0.05, 0.1) is 16.4 Å². The van der Waals surface area contributed by atoms with Crippen LogP contribution < -0.4 is 11.1 Å². The van der Waals surface area contributed by atoms with Crippen LogP contribution in [-0.2, 0) is 4.79 Å². The molecule has 0 atom stereocenters. The third kappa shape index (κ3) is 2.00. The monoisotopic (exact) mass is 258 g/mol. The molecule has 5 nitrogen and oxygen atoms in total. The summed E-state index contributed by atoms with van der Waals surface area (Å²) in [5, 5.41) is 2.86. The fourth-order valence-electron chi connectivity index (χ4n) is 2.97. The number of aromatic nitrogens is 2. The van der Waals surface area contributed by atoms with Crippen molar-refractivity contribution in [1.82, 2.24) is 9.97 Å². The number of imidazole rings is 1. The van der Waals surface area contributed by atoms with Crippen LogP contribution in [0, 0.1) is 11.3 Å². The van der Waals surface area contributed by atoms with Crippen molar-refractivity contribution < 1.29 is 4.79 Å². The molecule has 1 heterocycles. The van der Waals surface area contributed by atoms with E-state index in [2.05, 4.69) is 22.2 Å². The molecule has 3 rings (SSSR count). The molecule has 1 saturated carbocycles. The van der Waals surface area contributed by atoms with E-state index in [9.17, 15) is 4.79 Å². The van der Waals surface area contributed by atoms with Crippen LogP contribution >= 0.6 is 0 Å². The van der Waals surface area contributed by atoms with Gasteiger partial charge in [0.2, 0.25) is 11.9 Å². The summed E-state index contributed by atoms with van der Waals surface area (Å²) in [6, 6.07) is 7.69. The highest BCUT2D eigenvalue weighted by atomic mass is 16.2. The van der Waals surface area contributed by atoms with Gasteiger partial charge in [-0.1, -0.05) is 19.1 Å². The van der Waals surface area contributed by atoms with Gasteiger partial charge in [-0.15, -0.1) is 0 Å². The summed E-state index contributed by atoms with van der Waals surface area (Å²) in [5.74, 6) is 1.05. The molecule has 0 unspecified atom stereocenters. The van der Waals surface area contributed by atoms with Crippen molar-refractivity contribution in [3.63, 3.8) is 0 Å². The Kier molecular flexibility index (Phi) is 2.78. The van der Waals surface area contributed by atoms with Gasteiger partial charge >= 0.3 is 0 Å². The standard InChI is InChI=1S/C14H18N4O/c1-9-6-14(7-9,8-15)12(19)18-13-16-10-4-2-3-5-11(10)17-13/h2-5,9H,6-8,15H2,1H3,(H2,16,17,18,19). The van der Waals surface area contributed by atoms with Crippen LogP contribution in [0.25, 0.3) is 11.0 Å². The van der Waals surface area contributed by atoms with Crippen molar-refractivity contribution in [2.45, 2.75) is 19.8 Å². The number of fused-ring (bicyclic) bond motifs is 1. The normalized spacial score (nSPS) is 26.1. The summed E-state index contributed by atoms with van der Waals surface area (Å²) >= 11 is 0. The van der Waals surface area contributed by atoms with Crippen molar-refractivity contribution in [3.8, 4) is 0 Å². The van der Waals surface area contributed by atoms with E-state index in [1.54, 1.807) is 0 Å². The number of carbonyl (C=O) groups is 1. The van der Waals surface area contributed by atoms with Crippen LogP contribution in [0.4, 0.5) is 5.95 Å². The molecule has 1 aromatic carbocycles. The van der Waals surface area contributed by atoms with E-state index in [-0.39, 0.29) is 5.91 Å². The molecule has 2 aromatic rings. The molecule has 19 heavy (non-hydrogen) atoms. The van der Waals surface area contributed by atoms with Gasteiger partial charge in [-0.05, 0) is 30.9 Å². The summed E-state index contributed by atoms with van der Waals surface area (Å²) in [7, 11) is 0. The highest BCUT2D eigenvalue weighted by Gasteiger charge is 2.47. The molecule has 1 aliphatic carbocycles. The van der Waals surface area contributed by atoms with Crippen LogP contribution in [-0.4, -0.2) is 22.4 Å². The second kappa shape index (κ2) is 4.35. The van der Waals surface area contributed by atoms with Gasteiger partial charge in [0, 0.05) is 6.54 Å². The lowest BCUT2D eigenvalue weighted by Gasteiger charge is -2.43. The minimum absolute atomic E-state index is 0.0212. The first-order valence-corrected chi connectivity index (χ1v) is 6.59. The van der Waals surface area contributed by atoms with E-state index < -0.39 is 5.41 Å². The Morgan fingerprint density at radius 3 is 2.89 bits per heavy atom. The molecule has 1 fully saturated rings. The van der Waals surface area contributed by atoms with E-state index in [0.29, 0.717) is 18.4 Å². The van der Waals surface area contributed by atoms with Crippen LogP contribution in [0.5, 0.6) is 0 Å². The van der Waals surface area contributed by atoms with E-state index in [0.717, 1.165) is 23.9 Å². The Morgan fingerprint density at radius 2 is 2.26 bits per heavy atom. The maximum absolute atomic E-state index is 12.3. The number of nitrogens with one attached hydrogen (secondary N) is 2. The van der Waals surface area contributed by atoms with Gasteiger partial charge in [0.1, 0.15) is 0 Å². The lowest BCUT2D eigenvalue weighted by atomic mass is 9.62. The third-order valence-electron chi connectivity index (χ3n) is 3.97. The number of anilines is 1. The largest absolute Gasteiger partial charge is 0.329 e. The number of amides is 1. The molecule has 5 heteroatoms. The number of hydrogen-bond acceptors (Lipinski definition) is 3. The van der Waals surface area contributed by atoms with Crippen LogP contribution in [0.3, 0.4) is 0 Å².